The maximum absolute atomic E-state index is 12.6. The Morgan fingerprint density at radius 1 is 1.00 bits per heavy atom. The normalized spacial score (nSPS) is 55.0. The second-order valence-electron chi connectivity index (χ2n) is 9.36. The van der Waals surface area contributed by atoms with E-state index >= 15 is 0 Å². The molecule has 0 radical (unpaired) electrons. The molecule has 0 bridgehead atoms. The average Bonchev–Trinajstić information content (AvgIpc) is 2.49. The average molecular weight is 304 g/mol. The Morgan fingerprint density at radius 2 is 1.82 bits per heavy atom. The summed E-state index contributed by atoms with van der Waals surface area (Å²) in [5.41, 5.74) is 0.431. The predicted octanol–water partition coefficient (Wildman–Crippen LogP) is 4.35. The van der Waals surface area contributed by atoms with E-state index in [0.29, 0.717) is 17.1 Å². The largest absolute Gasteiger partial charge is 0.393 e. The summed E-state index contributed by atoms with van der Waals surface area (Å²) in [5.74, 6) is 3.52. The molecule has 4 aliphatic carbocycles. The number of rotatable bonds is 0. The molecule has 1 N–H and O–H groups in total. The van der Waals surface area contributed by atoms with Crippen molar-refractivity contribution in [2.45, 2.75) is 84.2 Å². The topological polar surface area (TPSA) is 37.3 Å². The van der Waals surface area contributed by atoms with Crippen LogP contribution in [0, 0.1) is 34.5 Å². The van der Waals surface area contributed by atoms with Crippen molar-refractivity contribution < 1.29 is 9.90 Å². The van der Waals surface area contributed by atoms with E-state index in [1.54, 1.807) is 0 Å². The molecular weight excluding hydrogens is 272 g/mol. The third-order valence-corrected chi connectivity index (χ3v) is 8.58. The first-order chi connectivity index (χ1) is 10.4. The summed E-state index contributed by atoms with van der Waals surface area (Å²) in [5, 5.41) is 10.1. The van der Waals surface area contributed by atoms with Gasteiger partial charge >= 0.3 is 0 Å². The molecule has 0 unspecified atom stereocenters. The Kier molecular flexibility index (Phi) is 3.49. The van der Waals surface area contributed by atoms with E-state index in [1.807, 2.05) is 0 Å². The van der Waals surface area contributed by atoms with E-state index in [0.717, 1.165) is 49.9 Å². The number of fused-ring (bicyclic) bond motifs is 5. The molecule has 0 amide bonds. The highest BCUT2D eigenvalue weighted by molar-refractivity contribution is 5.85. The monoisotopic (exact) mass is 304 g/mol. The quantitative estimate of drug-likeness (QED) is 0.722. The first kappa shape index (κ1) is 15.2. The van der Waals surface area contributed by atoms with Gasteiger partial charge in [0.05, 0.1) is 6.10 Å². The fourth-order valence-electron chi connectivity index (χ4n) is 7.20. The highest BCUT2D eigenvalue weighted by Crippen LogP contribution is 2.64. The molecule has 0 aliphatic heterocycles. The lowest BCUT2D eigenvalue weighted by atomic mass is 9.43. The number of ketones is 1. The lowest BCUT2D eigenvalue weighted by molar-refractivity contribution is -0.158. The number of aliphatic hydroxyl groups excluding tert-OH is 1. The molecular formula is C20H32O2. The highest BCUT2D eigenvalue weighted by Gasteiger charge is 2.58. The lowest BCUT2D eigenvalue weighted by Crippen LogP contribution is -2.56. The molecule has 7 atom stereocenters. The molecule has 2 nitrogen and oxygen atoms in total. The number of carbonyl (C=O) groups is 1. The summed E-state index contributed by atoms with van der Waals surface area (Å²) in [7, 11) is 0. The summed E-state index contributed by atoms with van der Waals surface area (Å²) in [6.07, 6.45) is 11.4. The van der Waals surface area contributed by atoms with Crippen LogP contribution >= 0.6 is 0 Å². The van der Waals surface area contributed by atoms with Gasteiger partial charge in [-0.05, 0) is 86.9 Å². The van der Waals surface area contributed by atoms with E-state index in [2.05, 4.69) is 13.8 Å². The molecule has 0 saturated heterocycles. The van der Waals surface area contributed by atoms with Crippen molar-refractivity contribution in [2.24, 2.45) is 34.5 Å². The Labute approximate surface area is 135 Å². The highest BCUT2D eigenvalue weighted by atomic mass is 16.3. The predicted molar refractivity (Wildman–Crippen MR) is 87.4 cm³/mol. The van der Waals surface area contributed by atoms with Crippen molar-refractivity contribution in [3.05, 3.63) is 0 Å². The number of Topliss-reactive ketones (excluding diaryl/α,β-unsaturated/α-hetero) is 1. The van der Waals surface area contributed by atoms with Gasteiger partial charge in [-0.2, -0.15) is 0 Å². The molecule has 4 rings (SSSR count). The van der Waals surface area contributed by atoms with Crippen molar-refractivity contribution in [1.29, 1.82) is 0 Å². The zero-order chi connectivity index (χ0) is 15.5. The van der Waals surface area contributed by atoms with Crippen LogP contribution in [0.1, 0.15) is 78.1 Å². The van der Waals surface area contributed by atoms with Crippen molar-refractivity contribution in [2.75, 3.05) is 0 Å². The molecule has 4 saturated carbocycles. The maximum Gasteiger partial charge on any atom is 0.139 e. The van der Waals surface area contributed by atoms with E-state index in [4.69, 9.17) is 0 Å². The van der Waals surface area contributed by atoms with E-state index in [1.165, 1.54) is 32.1 Å². The molecule has 2 heteroatoms. The third kappa shape index (κ3) is 1.98. The molecule has 124 valence electrons. The molecule has 0 heterocycles. The molecule has 0 aromatic heterocycles. The fourth-order valence-corrected chi connectivity index (χ4v) is 7.20. The van der Waals surface area contributed by atoms with Gasteiger partial charge in [-0.15, -0.1) is 0 Å². The van der Waals surface area contributed by atoms with Crippen molar-refractivity contribution in [1.82, 2.24) is 0 Å². The number of carbonyl (C=O) groups excluding carboxylic acids is 1. The van der Waals surface area contributed by atoms with Crippen LogP contribution in [-0.4, -0.2) is 17.0 Å². The maximum atomic E-state index is 12.6. The van der Waals surface area contributed by atoms with Crippen LogP contribution in [0.3, 0.4) is 0 Å². The Morgan fingerprint density at radius 3 is 2.64 bits per heavy atom. The van der Waals surface area contributed by atoms with Gasteiger partial charge in [0.1, 0.15) is 5.78 Å². The summed E-state index contributed by atoms with van der Waals surface area (Å²) >= 11 is 0. The Balaban J connectivity index is 1.63. The summed E-state index contributed by atoms with van der Waals surface area (Å²) in [6.45, 7) is 4.81. The van der Waals surface area contributed by atoms with Crippen molar-refractivity contribution >= 4 is 5.78 Å². The van der Waals surface area contributed by atoms with Gasteiger partial charge < -0.3 is 5.11 Å². The van der Waals surface area contributed by atoms with Crippen LogP contribution in [0.2, 0.25) is 0 Å². The Bertz CT molecular complexity index is 472. The summed E-state index contributed by atoms with van der Waals surface area (Å²) in [6, 6.07) is 0. The van der Waals surface area contributed by atoms with Crippen LogP contribution in [0.5, 0.6) is 0 Å². The third-order valence-electron chi connectivity index (χ3n) is 8.58. The van der Waals surface area contributed by atoms with Gasteiger partial charge in [0.2, 0.25) is 0 Å². The fraction of sp³-hybridized carbons (Fsp3) is 0.950. The van der Waals surface area contributed by atoms with Gasteiger partial charge in [-0.3, -0.25) is 4.79 Å². The number of hydrogen-bond donors (Lipinski definition) is 1. The van der Waals surface area contributed by atoms with Crippen LogP contribution in [-0.2, 0) is 4.79 Å². The van der Waals surface area contributed by atoms with E-state index in [9.17, 15) is 9.90 Å². The summed E-state index contributed by atoms with van der Waals surface area (Å²) in [4.78, 5) is 12.6. The van der Waals surface area contributed by atoms with Crippen molar-refractivity contribution in [3.63, 3.8) is 0 Å². The number of aliphatic hydroxyl groups is 1. The molecule has 4 aliphatic rings. The standard InChI is InChI=1S/C20H32O2/c1-19-10-8-14(21)12-13(19)6-7-15-16-4-3-5-18(22)20(16,2)11-9-17(15)19/h13-17,21H,3-12H2,1-2H3/t13-,14+,15-,16+,17-,19+,20+/m0/s1. The zero-order valence-corrected chi connectivity index (χ0v) is 14.3. The van der Waals surface area contributed by atoms with Crippen LogP contribution in [0.15, 0.2) is 0 Å². The van der Waals surface area contributed by atoms with Gasteiger partial charge in [0.15, 0.2) is 0 Å². The van der Waals surface area contributed by atoms with Crippen LogP contribution in [0.4, 0.5) is 0 Å². The van der Waals surface area contributed by atoms with Gasteiger partial charge in [0.25, 0.3) is 0 Å². The first-order valence-electron chi connectivity index (χ1n) is 9.66. The van der Waals surface area contributed by atoms with Crippen LogP contribution in [0.25, 0.3) is 0 Å². The molecule has 4 fully saturated rings. The molecule has 0 aromatic carbocycles. The minimum absolute atomic E-state index is 0.00318. The second kappa shape index (κ2) is 5.06. The van der Waals surface area contributed by atoms with Gasteiger partial charge in [0, 0.05) is 11.8 Å². The zero-order valence-electron chi connectivity index (χ0n) is 14.3. The van der Waals surface area contributed by atoms with Crippen LogP contribution < -0.4 is 0 Å². The smallest absolute Gasteiger partial charge is 0.139 e. The second-order valence-corrected chi connectivity index (χ2v) is 9.36. The first-order valence-corrected chi connectivity index (χ1v) is 9.66. The minimum Gasteiger partial charge on any atom is -0.393 e. The summed E-state index contributed by atoms with van der Waals surface area (Å²) < 4.78 is 0. The van der Waals surface area contributed by atoms with Gasteiger partial charge in [-0.1, -0.05) is 13.8 Å². The molecule has 0 aromatic rings. The SMILES string of the molecule is C[C@@]12CC[C@@H](O)C[C@@H]1CC[C@H]1[C@H]3CCCC(=O)[C@]3(C)CC[C@@H]12. The lowest BCUT2D eigenvalue weighted by Gasteiger charge is -2.61. The van der Waals surface area contributed by atoms with Gasteiger partial charge in [-0.25, -0.2) is 0 Å². The van der Waals surface area contributed by atoms with Crippen molar-refractivity contribution in [3.8, 4) is 0 Å². The molecule has 22 heavy (non-hydrogen) atoms. The Hall–Kier alpha value is -0.370. The number of hydrogen-bond acceptors (Lipinski definition) is 2. The molecule has 0 spiro atoms. The van der Waals surface area contributed by atoms with E-state index < -0.39 is 0 Å². The minimum atomic E-state index is -0.0558. The van der Waals surface area contributed by atoms with E-state index in [-0.39, 0.29) is 11.5 Å².